The number of benzene rings is 1. The first-order valence-electron chi connectivity index (χ1n) is 9.28. The lowest BCUT2D eigenvalue weighted by molar-refractivity contribution is -0.116. The predicted octanol–water partition coefficient (Wildman–Crippen LogP) is 2.98. The van der Waals surface area contributed by atoms with Gasteiger partial charge in [-0.3, -0.25) is 9.59 Å². The van der Waals surface area contributed by atoms with Crippen LogP contribution in [-0.2, 0) is 9.53 Å². The lowest BCUT2D eigenvalue weighted by Gasteiger charge is -2.22. The number of hydrogen-bond acceptors (Lipinski definition) is 7. The Balaban J connectivity index is 2.15. The zero-order chi connectivity index (χ0) is 21.2. The van der Waals surface area contributed by atoms with Crippen molar-refractivity contribution in [3.05, 3.63) is 34.8 Å². The number of methoxy groups -OCH3 is 2. The first-order valence-corrected chi connectivity index (χ1v) is 10.2. The third-order valence-electron chi connectivity index (χ3n) is 4.01. The van der Waals surface area contributed by atoms with E-state index in [9.17, 15) is 9.59 Å². The lowest BCUT2D eigenvalue weighted by Crippen LogP contribution is -2.39. The monoisotopic (exact) mass is 421 g/mol. The van der Waals surface area contributed by atoms with Gasteiger partial charge in [0, 0.05) is 36.8 Å². The average molecular weight is 422 g/mol. The standard InChI is InChI=1S/C20H27N3O5S/c1-5-28-8-6-7-23(12-18(24)22-20-21-14(2)13-29-20)19(25)15-9-16(26-3)11-17(10-15)27-4/h9-11,13H,5-8,12H2,1-4H3,(H,21,22,24). The topological polar surface area (TPSA) is 90.0 Å². The van der Waals surface area contributed by atoms with E-state index in [4.69, 9.17) is 14.2 Å². The van der Waals surface area contributed by atoms with Gasteiger partial charge in [-0.15, -0.1) is 11.3 Å². The number of aromatic nitrogens is 1. The molecule has 1 N–H and O–H groups in total. The highest BCUT2D eigenvalue weighted by Crippen LogP contribution is 2.23. The first kappa shape index (κ1) is 22.6. The van der Waals surface area contributed by atoms with E-state index in [1.165, 1.54) is 30.5 Å². The Kier molecular flexibility index (Phi) is 8.88. The fourth-order valence-corrected chi connectivity index (χ4v) is 3.32. The first-order chi connectivity index (χ1) is 14.0. The fraction of sp³-hybridized carbons (Fsp3) is 0.450. The van der Waals surface area contributed by atoms with Gasteiger partial charge in [-0.1, -0.05) is 0 Å². The SMILES string of the molecule is CCOCCCN(CC(=O)Nc1nc(C)cs1)C(=O)c1cc(OC)cc(OC)c1. The lowest BCUT2D eigenvalue weighted by atomic mass is 10.1. The summed E-state index contributed by atoms with van der Waals surface area (Å²) in [6.07, 6.45) is 0.615. The Morgan fingerprint density at radius 2 is 1.86 bits per heavy atom. The molecule has 0 spiro atoms. The smallest absolute Gasteiger partial charge is 0.254 e. The Hall–Kier alpha value is -2.65. The summed E-state index contributed by atoms with van der Waals surface area (Å²) in [6.45, 7) is 5.16. The molecule has 0 saturated carbocycles. The van der Waals surface area contributed by atoms with Crippen LogP contribution in [0.15, 0.2) is 23.6 Å². The van der Waals surface area contributed by atoms with Crippen molar-refractivity contribution in [2.45, 2.75) is 20.3 Å². The highest BCUT2D eigenvalue weighted by atomic mass is 32.1. The number of amides is 2. The van der Waals surface area contributed by atoms with E-state index in [0.717, 1.165) is 5.69 Å². The number of hydrogen-bond donors (Lipinski definition) is 1. The summed E-state index contributed by atoms with van der Waals surface area (Å²) >= 11 is 1.34. The quantitative estimate of drug-likeness (QED) is 0.561. The van der Waals surface area contributed by atoms with Gasteiger partial charge >= 0.3 is 0 Å². The van der Waals surface area contributed by atoms with Crippen LogP contribution in [0.2, 0.25) is 0 Å². The highest BCUT2D eigenvalue weighted by molar-refractivity contribution is 7.13. The van der Waals surface area contributed by atoms with E-state index in [2.05, 4.69) is 10.3 Å². The van der Waals surface area contributed by atoms with Crippen LogP contribution in [0, 0.1) is 6.92 Å². The zero-order valence-corrected chi connectivity index (χ0v) is 18.0. The molecule has 0 aliphatic rings. The zero-order valence-electron chi connectivity index (χ0n) is 17.2. The van der Waals surface area contributed by atoms with E-state index in [0.29, 0.717) is 48.4 Å². The highest BCUT2D eigenvalue weighted by Gasteiger charge is 2.21. The van der Waals surface area contributed by atoms with Crippen LogP contribution in [0.25, 0.3) is 0 Å². The molecule has 29 heavy (non-hydrogen) atoms. The Bertz CT molecular complexity index is 802. The summed E-state index contributed by atoms with van der Waals surface area (Å²) in [5.74, 6) is 0.414. The van der Waals surface area contributed by atoms with Crippen LogP contribution in [0.4, 0.5) is 5.13 Å². The second kappa shape index (κ2) is 11.4. The van der Waals surface area contributed by atoms with E-state index in [1.54, 1.807) is 18.2 Å². The summed E-state index contributed by atoms with van der Waals surface area (Å²) in [5.41, 5.74) is 1.22. The van der Waals surface area contributed by atoms with E-state index < -0.39 is 0 Å². The molecule has 0 saturated heterocycles. The number of anilines is 1. The van der Waals surface area contributed by atoms with Crippen molar-refractivity contribution < 1.29 is 23.8 Å². The molecule has 0 unspecified atom stereocenters. The number of nitrogens with one attached hydrogen (secondary N) is 1. The fourth-order valence-electron chi connectivity index (χ4n) is 2.61. The summed E-state index contributed by atoms with van der Waals surface area (Å²) < 4.78 is 15.9. The van der Waals surface area contributed by atoms with Crippen molar-refractivity contribution in [1.82, 2.24) is 9.88 Å². The van der Waals surface area contributed by atoms with Crippen LogP contribution < -0.4 is 14.8 Å². The third-order valence-corrected chi connectivity index (χ3v) is 4.88. The van der Waals surface area contributed by atoms with Crippen molar-refractivity contribution in [2.24, 2.45) is 0 Å². The normalized spacial score (nSPS) is 10.5. The molecule has 9 heteroatoms. The van der Waals surface area contributed by atoms with Gasteiger partial charge in [0.05, 0.1) is 19.9 Å². The molecule has 0 radical (unpaired) electrons. The maximum absolute atomic E-state index is 13.1. The molecule has 1 aromatic heterocycles. The molecule has 2 amide bonds. The van der Waals surface area contributed by atoms with Crippen molar-refractivity contribution in [1.29, 1.82) is 0 Å². The minimum absolute atomic E-state index is 0.0941. The van der Waals surface area contributed by atoms with Gasteiger partial charge in [0.15, 0.2) is 5.13 Å². The van der Waals surface area contributed by atoms with Gasteiger partial charge in [0.2, 0.25) is 5.91 Å². The molecule has 8 nitrogen and oxygen atoms in total. The van der Waals surface area contributed by atoms with Crippen molar-refractivity contribution in [3.63, 3.8) is 0 Å². The number of carbonyl (C=O) groups is 2. The molecule has 0 fully saturated rings. The maximum atomic E-state index is 13.1. The second-order valence-corrected chi connectivity index (χ2v) is 7.08. The van der Waals surface area contributed by atoms with Crippen molar-refractivity contribution in [2.75, 3.05) is 45.8 Å². The van der Waals surface area contributed by atoms with Gasteiger partial charge in [0.1, 0.15) is 18.0 Å². The molecule has 0 bridgehead atoms. The minimum atomic E-state index is -0.307. The van der Waals surface area contributed by atoms with Gasteiger partial charge in [-0.25, -0.2) is 4.98 Å². The molecule has 2 aromatic rings. The van der Waals surface area contributed by atoms with Crippen LogP contribution in [0.3, 0.4) is 0 Å². The van der Waals surface area contributed by atoms with Crippen molar-refractivity contribution in [3.8, 4) is 11.5 Å². The molecule has 0 aliphatic heterocycles. The molecule has 0 atom stereocenters. The molecule has 1 aromatic carbocycles. The summed E-state index contributed by atoms with van der Waals surface area (Å²) in [7, 11) is 3.04. The minimum Gasteiger partial charge on any atom is -0.497 e. The Morgan fingerprint density at radius 3 is 2.41 bits per heavy atom. The van der Waals surface area contributed by atoms with Crippen LogP contribution >= 0.6 is 11.3 Å². The van der Waals surface area contributed by atoms with E-state index in [-0.39, 0.29) is 18.4 Å². The molecule has 1 heterocycles. The maximum Gasteiger partial charge on any atom is 0.254 e. The summed E-state index contributed by atoms with van der Waals surface area (Å²) in [5, 5.41) is 5.10. The van der Waals surface area contributed by atoms with Gasteiger partial charge < -0.3 is 24.4 Å². The largest absolute Gasteiger partial charge is 0.497 e. The number of carbonyl (C=O) groups excluding carboxylic acids is 2. The van der Waals surface area contributed by atoms with Crippen molar-refractivity contribution >= 4 is 28.3 Å². The number of rotatable bonds is 11. The van der Waals surface area contributed by atoms with Gasteiger partial charge in [-0.2, -0.15) is 0 Å². The number of thiazole rings is 1. The molecular formula is C20H27N3O5S. The molecule has 158 valence electrons. The van der Waals surface area contributed by atoms with Gasteiger partial charge in [0.25, 0.3) is 5.91 Å². The van der Waals surface area contributed by atoms with Crippen LogP contribution in [0.5, 0.6) is 11.5 Å². The molecular weight excluding hydrogens is 394 g/mol. The van der Waals surface area contributed by atoms with E-state index in [1.807, 2.05) is 19.2 Å². The Morgan fingerprint density at radius 1 is 1.17 bits per heavy atom. The average Bonchev–Trinajstić information content (AvgIpc) is 3.13. The van der Waals surface area contributed by atoms with E-state index >= 15 is 0 Å². The number of aryl methyl sites for hydroxylation is 1. The molecule has 0 aliphatic carbocycles. The van der Waals surface area contributed by atoms with Crippen LogP contribution in [-0.4, -0.2) is 62.2 Å². The molecule has 2 rings (SSSR count). The summed E-state index contributed by atoms with van der Waals surface area (Å²) in [4.78, 5) is 31.3. The predicted molar refractivity (Wildman–Crippen MR) is 112 cm³/mol. The number of nitrogens with zero attached hydrogens (tertiary/aromatic N) is 2. The second-order valence-electron chi connectivity index (χ2n) is 6.22. The third kappa shape index (κ3) is 7.03. The number of ether oxygens (including phenoxy) is 3. The van der Waals surface area contributed by atoms with Crippen LogP contribution in [0.1, 0.15) is 29.4 Å². The Labute approximate surface area is 174 Å². The summed E-state index contributed by atoms with van der Waals surface area (Å²) in [6, 6.07) is 4.94. The van der Waals surface area contributed by atoms with Gasteiger partial charge in [-0.05, 0) is 32.4 Å².